The lowest BCUT2D eigenvalue weighted by Crippen LogP contribution is -2.27. The maximum atomic E-state index is 13.0. The highest BCUT2D eigenvalue weighted by Gasteiger charge is 2.50. The standard InChI is InChI=1S/C8H14F2.C7H14.C2H6/c1-5-4-6(2)8(9,10)7(5)3;1-6-3-4-7(2)5-6;1-2/h5-7H,4H2,1-3H3;6-7H,3-5H2,1-2H3;1-2H3. The second-order valence-corrected chi connectivity index (χ2v) is 6.60. The van der Waals surface area contributed by atoms with Crippen molar-refractivity contribution in [2.45, 2.75) is 80.1 Å². The molecule has 2 fully saturated rings. The molecule has 0 aromatic rings. The Kier molecular flexibility index (Phi) is 8.15. The SMILES string of the molecule is CC.CC1CC(C)C(F)(F)C1C.CC1CCC(C)C1. The van der Waals surface area contributed by atoms with E-state index in [9.17, 15) is 8.78 Å². The van der Waals surface area contributed by atoms with E-state index >= 15 is 0 Å². The van der Waals surface area contributed by atoms with Crippen LogP contribution in [0.5, 0.6) is 0 Å². The zero-order valence-corrected chi connectivity index (χ0v) is 14.0. The van der Waals surface area contributed by atoms with Gasteiger partial charge in [-0.25, -0.2) is 8.78 Å². The summed E-state index contributed by atoms with van der Waals surface area (Å²) in [5.41, 5.74) is 0. The normalized spacial score (nSPS) is 39.9. The van der Waals surface area contributed by atoms with Crippen LogP contribution in [-0.2, 0) is 0 Å². The van der Waals surface area contributed by atoms with Crippen molar-refractivity contribution in [1.29, 1.82) is 0 Å². The first-order chi connectivity index (χ1) is 8.75. The molecule has 0 saturated heterocycles. The molecule has 0 spiro atoms. The van der Waals surface area contributed by atoms with E-state index in [0.29, 0.717) is 6.42 Å². The molecule has 0 N–H and O–H groups in total. The maximum Gasteiger partial charge on any atom is 0.253 e. The van der Waals surface area contributed by atoms with Crippen molar-refractivity contribution in [2.24, 2.45) is 29.6 Å². The zero-order chi connectivity index (χ0) is 15.2. The number of alkyl halides is 2. The second-order valence-electron chi connectivity index (χ2n) is 6.60. The van der Waals surface area contributed by atoms with Crippen LogP contribution in [0.4, 0.5) is 8.78 Å². The molecule has 0 aromatic carbocycles. The van der Waals surface area contributed by atoms with Crippen LogP contribution in [0.1, 0.15) is 74.1 Å². The van der Waals surface area contributed by atoms with E-state index in [-0.39, 0.29) is 5.92 Å². The Hall–Kier alpha value is -0.140. The van der Waals surface area contributed by atoms with Crippen molar-refractivity contribution < 1.29 is 8.78 Å². The average molecular weight is 276 g/mol. The predicted molar refractivity (Wildman–Crippen MR) is 80.6 cm³/mol. The predicted octanol–water partition coefficient (Wildman–Crippen LogP) is 6.40. The Morgan fingerprint density at radius 1 is 0.789 bits per heavy atom. The van der Waals surface area contributed by atoms with Crippen molar-refractivity contribution in [3.05, 3.63) is 0 Å². The summed E-state index contributed by atoms with van der Waals surface area (Å²) in [5, 5.41) is 0. The molecule has 2 rings (SSSR count). The minimum Gasteiger partial charge on any atom is -0.206 e. The fraction of sp³-hybridized carbons (Fsp3) is 1.00. The smallest absolute Gasteiger partial charge is 0.206 e. The average Bonchev–Trinajstić information content (AvgIpc) is 2.81. The molecule has 0 nitrogen and oxygen atoms in total. The third-order valence-corrected chi connectivity index (χ3v) is 4.80. The molecular weight excluding hydrogens is 242 g/mol. The van der Waals surface area contributed by atoms with Crippen LogP contribution < -0.4 is 0 Å². The highest BCUT2D eigenvalue weighted by Crippen LogP contribution is 2.47. The summed E-state index contributed by atoms with van der Waals surface area (Å²) in [5.74, 6) is -1.03. The van der Waals surface area contributed by atoms with E-state index in [1.807, 2.05) is 20.8 Å². The van der Waals surface area contributed by atoms with Gasteiger partial charge >= 0.3 is 0 Å². The van der Waals surface area contributed by atoms with Gasteiger partial charge in [0.15, 0.2) is 0 Å². The number of rotatable bonds is 0. The lowest BCUT2D eigenvalue weighted by atomic mass is 9.98. The molecule has 5 unspecified atom stereocenters. The van der Waals surface area contributed by atoms with Gasteiger partial charge in [-0.15, -0.1) is 0 Å². The largest absolute Gasteiger partial charge is 0.253 e. The van der Waals surface area contributed by atoms with Gasteiger partial charge < -0.3 is 0 Å². The van der Waals surface area contributed by atoms with Gasteiger partial charge in [-0.2, -0.15) is 0 Å². The molecule has 0 radical (unpaired) electrons. The van der Waals surface area contributed by atoms with Crippen LogP contribution in [0.2, 0.25) is 0 Å². The minimum atomic E-state index is -2.42. The van der Waals surface area contributed by atoms with Gasteiger partial charge in [0.1, 0.15) is 0 Å². The van der Waals surface area contributed by atoms with E-state index < -0.39 is 17.8 Å². The van der Waals surface area contributed by atoms with Crippen LogP contribution >= 0.6 is 0 Å². The van der Waals surface area contributed by atoms with Gasteiger partial charge in [-0.05, 0) is 30.6 Å². The number of hydrogen-bond acceptors (Lipinski definition) is 0. The van der Waals surface area contributed by atoms with Gasteiger partial charge in [0.25, 0.3) is 5.92 Å². The summed E-state index contributed by atoms with van der Waals surface area (Å²) in [7, 11) is 0. The number of halogens is 2. The van der Waals surface area contributed by atoms with E-state index in [1.54, 1.807) is 13.8 Å². The van der Waals surface area contributed by atoms with E-state index in [1.165, 1.54) is 19.3 Å². The Bertz CT molecular complexity index is 229. The van der Waals surface area contributed by atoms with Crippen molar-refractivity contribution in [3.8, 4) is 0 Å². The third-order valence-electron chi connectivity index (χ3n) is 4.80. The molecule has 0 bridgehead atoms. The first kappa shape index (κ1) is 18.9. The third kappa shape index (κ3) is 5.39. The zero-order valence-electron chi connectivity index (χ0n) is 14.0. The van der Waals surface area contributed by atoms with Crippen molar-refractivity contribution in [1.82, 2.24) is 0 Å². The van der Waals surface area contributed by atoms with E-state index in [4.69, 9.17) is 0 Å². The van der Waals surface area contributed by atoms with Gasteiger partial charge in [0, 0.05) is 11.8 Å². The fourth-order valence-corrected chi connectivity index (χ4v) is 3.24. The molecule has 19 heavy (non-hydrogen) atoms. The highest BCUT2D eigenvalue weighted by molar-refractivity contribution is 4.90. The Morgan fingerprint density at radius 3 is 1.32 bits per heavy atom. The van der Waals surface area contributed by atoms with Crippen LogP contribution in [0.3, 0.4) is 0 Å². The molecule has 2 aliphatic rings. The Morgan fingerprint density at radius 2 is 1.21 bits per heavy atom. The van der Waals surface area contributed by atoms with E-state index in [0.717, 1.165) is 11.8 Å². The lowest BCUT2D eigenvalue weighted by Gasteiger charge is -2.19. The lowest BCUT2D eigenvalue weighted by molar-refractivity contribution is -0.0692. The van der Waals surface area contributed by atoms with Crippen molar-refractivity contribution in [2.75, 3.05) is 0 Å². The quantitative estimate of drug-likeness (QED) is 0.480. The monoisotopic (exact) mass is 276 g/mol. The van der Waals surface area contributed by atoms with Gasteiger partial charge in [0.2, 0.25) is 0 Å². The summed E-state index contributed by atoms with van der Waals surface area (Å²) in [6, 6.07) is 0. The van der Waals surface area contributed by atoms with Crippen LogP contribution in [0, 0.1) is 29.6 Å². The van der Waals surface area contributed by atoms with Gasteiger partial charge in [0.05, 0.1) is 0 Å². The fourth-order valence-electron chi connectivity index (χ4n) is 3.24. The minimum absolute atomic E-state index is 0.185. The van der Waals surface area contributed by atoms with Crippen LogP contribution in [0.25, 0.3) is 0 Å². The van der Waals surface area contributed by atoms with Crippen LogP contribution in [0.15, 0.2) is 0 Å². The summed E-state index contributed by atoms with van der Waals surface area (Å²) >= 11 is 0. The first-order valence-electron chi connectivity index (χ1n) is 8.12. The summed E-state index contributed by atoms with van der Waals surface area (Å²) in [4.78, 5) is 0. The summed E-state index contributed by atoms with van der Waals surface area (Å²) in [6.45, 7) is 13.9. The van der Waals surface area contributed by atoms with Gasteiger partial charge in [-0.3, -0.25) is 0 Å². The van der Waals surface area contributed by atoms with E-state index in [2.05, 4.69) is 13.8 Å². The van der Waals surface area contributed by atoms with Crippen molar-refractivity contribution in [3.63, 3.8) is 0 Å². The molecule has 0 amide bonds. The first-order valence-corrected chi connectivity index (χ1v) is 8.12. The molecule has 5 atom stereocenters. The molecule has 2 aliphatic carbocycles. The van der Waals surface area contributed by atoms with Gasteiger partial charge in [-0.1, -0.05) is 61.3 Å². The molecule has 0 aliphatic heterocycles. The Balaban J connectivity index is 0.000000316. The molecule has 2 saturated carbocycles. The Labute approximate surface area is 119 Å². The second kappa shape index (κ2) is 8.21. The number of hydrogen-bond donors (Lipinski definition) is 0. The molecule has 116 valence electrons. The van der Waals surface area contributed by atoms with Crippen LogP contribution in [-0.4, -0.2) is 5.92 Å². The highest BCUT2D eigenvalue weighted by atomic mass is 19.3. The maximum absolute atomic E-state index is 13.0. The molecule has 0 heterocycles. The molecule has 0 aromatic heterocycles. The summed E-state index contributed by atoms with van der Waals surface area (Å²) in [6.07, 6.45) is 5.09. The molecular formula is C17H34F2. The summed E-state index contributed by atoms with van der Waals surface area (Å²) < 4.78 is 26.0. The molecule has 2 heteroatoms. The topological polar surface area (TPSA) is 0 Å². The van der Waals surface area contributed by atoms with Crippen molar-refractivity contribution >= 4 is 0 Å².